The maximum atomic E-state index is 12.2. The Kier molecular flexibility index (Phi) is 4.59. The summed E-state index contributed by atoms with van der Waals surface area (Å²) >= 11 is 5.80. The van der Waals surface area contributed by atoms with Crippen LogP contribution in [0.25, 0.3) is 0 Å². The van der Waals surface area contributed by atoms with Crippen molar-refractivity contribution in [2.45, 2.75) is 24.7 Å². The summed E-state index contributed by atoms with van der Waals surface area (Å²) in [6.07, 6.45) is 1.69. The molecular weight excluding hydrogens is 300 g/mol. The molecule has 0 bridgehead atoms. The molecule has 0 radical (unpaired) electrons. The summed E-state index contributed by atoms with van der Waals surface area (Å²) in [6.45, 7) is 3.80. The number of benzene rings is 1. The third kappa shape index (κ3) is 3.63. The molecule has 3 N–H and O–H groups in total. The molecule has 0 aliphatic carbocycles. The monoisotopic (exact) mass is 318 g/mol. The van der Waals surface area contributed by atoms with Crippen molar-refractivity contribution < 1.29 is 13.2 Å². The Balaban J connectivity index is 2.09. The number of hydrogen-bond acceptors (Lipinski definition) is 4. The van der Waals surface area contributed by atoms with E-state index in [4.69, 9.17) is 22.1 Å². The van der Waals surface area contributed by atoms with Gasteiger partial charge in [0.1, 0.15) is 0 Å². The van der Waals surface area contributed by atoms with E-state index in [1.54, 1.807) is 0 Å². The molecule has 0 atom stereocenters. The molecule has 1 heterocycles. The second kappa shape index (κ2) is 5.89. The van der Waals surface area contributed by atoms with Crippen LogP contribution in [0.5, 0.6) is 0 Å². The minimum absolute atomic E-state index is 0.0662. The predicted octanol–water partition coefficient (Wildman–Crippen LogP) is 2.02. The Morgan fingerprint density at radius 3 is 2.65 bits per heavy atom. The van der Waals surface area contributed by atoms with Gasteiger partial charge in [0, 0.05) is 19.8 Å². The van der Waals surface area contributed by atoms with E-state index in [-0.39, 0.29) is 16.0 Å². The molecule has 1 aliphatic heterocycles. The number of anilines is 1. The van der Waals surface area contributed by atoms with Crippen molar-refractivity contribution in [1.29, 1.82) is 0 Å². The van der Waals surface area contributed by atoms with Gasteiger partial charge >= 0.3 is 0 Å². The van der Waals surface area contributed by atoms with E-state index >= 15 is 0 Å². The van der Waals surface area contributed by atoms with Gasteiger partial charge in [-0.1, -0.05) is 18.5 Å². The molecule has 1 aromatic carbocycles. The smallest absolute Gasteiger partial charge is 0.240 e. The zero-order valence-electron chi connectivity index (χ0n) is 11.4. The van der Waals surface area contributed by atoms with E-state index in [0.717, 1.165) is 12.8 Å². The SMILES string of the molecule is CC1(CNS(=O)(=O)c2ccc(Cl)c(N)c2)CCOCC1. The number of nitrogen functional groups attached to an aromatic ring is 1. The maximum Gasteiger partial charge on any atom is 0.240 e. The first-order valence-electron chi connectivity index (χ1n) is 6.45. The number of halogens is 1. The fourth-order valence-corrected chi connectivity index (χ4v) is 3.43. The van der Waals surface area contributed by atoms with Crippen molar-refractivity contribution in [3.05, 3.63) is 23.2 Å². The lowest BCUT2D eigenvalue weighted by atomic mass is 9.83. The zero-order chi connectivity index (χ0) is 14.8. The van der Waals surface area contributed by atoms with Gasteiger partial charge in [-0.15, -0.1) is 0 Å². The van der Waals surface area contributed by atoms with Crippen LogP contribution in [0.3, 0.4) is 0 Å². The molecule has 5 nitrogen and oxygen atoms in total. The summed E-state index contributed by atoms with van der Waals surface area (Å²) in [6, 6.07) is 4.31. The van der Waals surface area contributed by atoms with E-state index in [9.17, 15) is 8.42 Å². The minimum Gasteiger partial charge on any atom is -0.397 e. The number of ether oxygens (including phenoxy) is 1. The molecule has 0 amide bonds. The quantitative estimate of drug-likeness (QED) is 0.832. The molecule has 1 aromatic rings. The lowest BCUT2D eigenvalue weighted by molar-refractivity contribution is 0.0265. The molecule has 0 unspecified atom stereocenters. The highest BCUT2D eigenvalue weighted by Gasteiger charge is 2.29. The van der Waals surface area contributed by atoms with Crippen LogP contribution >= 0.6 is 11.6 Å². The van der Waals surface area contributed by atoms with E-state index in [2.05, 4.69) is 11.6 Å². The highest BCUT2D eigenvalue weighted by Crippen LogP contribution is 2.29. The van der Waals surface area contributed by atoms with Crippen molar-refractivity contribution >= 4 is 27.3 Å². The molecule has 0 spiro atoms. The Labute approximate surface area is 124 Å². The first-order chi connectivity index (χ1) is 9.32. The number of rotatable bonds is 4. The average Bonchev–Trinajstić information content (AvgIpc) is 2.41. The topological polar surface area (TPSA) is 81.4 Å². The summed E-state index contributed by atoms with van der Waals surface area (Å²) in [5.41, 5.74) is 5.83. The average molecular weight is 319 g/mol. The molecule has 20 heavy (non-hydrogen) atoms. The molecule has 112 valence electrons. The first kappa shape index (κ1) is 15.6. The summed E-state index contributed by atoms with van der Waals surface area (Å²) in [5.74, 6) is 0. The van der Waals surface area contributed by atoms with Gasteiger partial charge in [0.2, 0.25) is 10.0 Å². The molecule has 0 aromatic heterocycles. The fourth-order valence-electron chi connectivity index (χ4n) is 2.08. The molecule has 0 saturated carbocycles. The first-order valence-corrected chi connectivity index (χ1v) is 8.31. The van der Waals surface area contributed by atoms with E-state index in [1.807, 2.05) is 0 Å². The van der Waals surface area contributed by atoms with Gasteiger partial charge in [0.15, 0.2) is 0 Å². The summed E-state index contributed by atoms with van der Waals surface area (Å²) in [4.78, 5) is 0.134. The molecule has 1 fully saturated rings. The second-order valence-corrected chi connectivity index (χ2v) is 7.61. The van der Waals surface area contributed by atoms with Crippen LogP contribution in [-0.2, 0) is 14.8 Å². The number of nitrogens with two attached hydrogens (primary N) is 1. The minimum atomic E-state index is -3.57. The van der Waals surface area contributed by atoms with E-state index in [0.29, 0.717) is 24.8 Å². The molecular formula is C13H19ClN2O3S. The van der Waals surface area contributed by atoms with Gasteiger partial charge in [-0.3, -0.25) is 0 Å². The lowest BCUT2D eigenvalue weighted by Crippen LogP contribution is -2.39. The Hall–Kier alpha value is -0.820. The fraction of sp³-hybridized carbons (Fsp3) is 0.538. The number of hydrogen-bond donors (Lipinski definition) is 2. The van der Waals surface area contributed by atoms with Crippen LogP contribution in [0.1, 0.15) is 19.8 Å². The normalized spacial score (nSPS) is 18.9. The molecule has 7 heteroatoms. The molecule has 1 aliphatic rings. The molecule has 2 rings (SSSR count). The Morgan fingerprint density at radius 1 is 1.40 bits per heavy atom. The van der Waals surface area contributed by atoms with Gasteiger partial charge in [-0.25, -0.2) is 13.1 Å². The third-order valence-corrected chi connectivity index (χ3v) is 5.41. The highest BCUT2D eigenvalue weighted by molar-refractivity contribution is 7.89. The summed E-state index contributed by atoms with van der Waals surface area (Å²) < 4.78 is 32.4. The summed E-state index contributed by atoms with van der Waals surface area (Å²) in [5, 5.41) is 0.348. The van der Waals surface area contributed by atoms with E-state index in [1.165, 1.54) is 18.2 Å². The molecule has 1 saturated heterocycles. The van der Waals surface area contributed by atoms with E-state index < -0.39 is 10.0 Å². The van der Waals surface area contributed by atoms with Crippen molar-refractivity contribution in [3.63, 3.8) is 0 Å². The summed E-state index contributed by atoms with van der Waals surface area (Å²) in [7, 11) is -3.57. The van der Waals surface area contributed by atoms with Crippen LogP contribution in [-0.4, -0.2) is 28.2 Å². The second-order valence-electron chi connectivity index (χ2n) is 5.43. The highest BCUT2D eigenvalue weighted by atomic mass is 35.5. The van der Waals surface area contributed by atoms with Gasteiger partial charge < -0.3 is 10.5 Å². The van der Waals surface area contributed by atoms with Crippen molar-refractivity contribution in [1.82, 2.24) is 4.72 Å². The third-order valence-electron chi connectivity index (χ3n) is 3.67. The number of nitrogens with one attached hydrogen (secondary N) is 1. The van der Waals surface area contributed by atoms with Crippen LogP contribution < -0.4 is 10.5 Å². The van der Waals surface area contributed by atoms with Crippen LogP contribution in [0.2, 0.25) is 5.02 Å². The Bertz CT molecular complexity index is 583. The van der Waals surface area contributed by atoms with Gasteiger partial charge in [-0.05, 0) is 36.5 Å². The number of sulfonamides is 1. The zero-order valence-corrected chi connectivity index (χ0v) is 12.9. The standard InChI is InChI=1S/C13H19ClN2O3S/c1-13(4-6-19-7-5-13)9-16-20(17,18)10-2-3-11(14)12(15)8-10/h2-3,8,16H,4-7,9,15H2,1H3. The van der Waals surface area contributed by atoms with Gasteiger partial charge in [0.25, 0.3) is 0 Å². The van der Waals surface area contributed by atoms with Crippen LogP contribution in [0, 0.1) is 5.41 Å². The largest absolute Gasteiger partial charge is 0.397 e. The van der Waals surface area contributed by atoms with Crippen molar-refractivity contribution in [2.24, 2.45) is 5.41 Å². The Morgan fingerprint density at radius 2 is 2.05 bits per heavy atom. The van der Waals surface area contributed by atoms with Gasteiger partial charge in [0.05, 0.1) is 15.6 Å². The predicted molar refractivity (Wildman–Crippen MR) is 79.2 cm³/mol. The van der Waals surface area contributed by atoms with Crippen molar-refractivity contribution in [3.8, 4) is 0 Å². The van der Waals surface area contributed by atoms with Gasteiger partial charge in [-0.2, -0.15) is 0 Å². The van der Waals surface area contributed by atoms with Crippen LogP contribution in [0.4, 0.5) is 5.69 Å². The lowest BCUT2D eigenvalue weighted by Gasteiger charge is -2.33. The van der Waals surface area contributed by atoms with Crippen molar-refractivity contribution in [2.75, 3.05) is 25.5 Å². The maximum absolute atomic E-state index is 12.2. The van der Waals surface area contributed by atoms with Crippen LogP contribution in [0.15, 0.2) is 23.1 Å².